The third-order valence-electron chi connectivity index (χ3n) is 4.18. The van der Waals surface area contributed by atoms with Crippen molar-refractivity contribution < 1.29 is 9.59 Å². The molecule has 124 valence electrons. The van der Waals surface area contributed by atoms with Crippen LogP contribution >= 0.6 is 11.3 Å². The van der Waals surface area contributed by atoms with Crippen LogP contribution in [-0.2, 0) is 9.59 Å². The van der Waals surface area contributed by atoms with E-state index in [0.717, 1.165) is 16.1 Å². The maximum Gasteiger partial charge on any atom is 0.278 e. The zero-order valence-corrected chi connectivity index (χ0v) is 15.0. The second kappa shape index (κ2) is 6.24. The van der Waals surface area contributed by atoms with Crippen molar-refractivity contribution in [2.75, 3.05) is 5.32 Å². The second-order valence-corrected chi connectivity index (χ2v) is 7.17. The Hall–Kier alpha value is -2.40. The van der Waals surface area contributed by atoms with Crippen molar-refractivity contribution in [2.45, 2.75) is 33.7 Å². The lowest BCUT2D eigenvalue weighted by molar-refractivity contribution is -0.138. The number of hydrogen-bond acceptors (Lipinski definition) is 4. The van der Waals surface area contributed by atoms with E-state index in [-0.39, 0.29) is 17.9 Å². The molecule has 0 unspecified atom stereocenters. The summed E-state index contributed by atoms with van der Waals surface area (Å²) in [7, 11) is 0. The van der Waals surface area contributed by atoms with Crippen LogP contribution in [0.2, 0.25) is 0 Å². The van der Waals surface area contributed by atoms with Gasteiger partial charge in [0, 0.05) is 16.6 Å². The Bertz CT molecular complexity index is 835. The van der Waals surface area contributed by atoms with Gasteiger partial charge in [-0.05, 0) is 62.4 Å². The molecule has 0 aliphatic carbocycles. The molecule has 1 aliphatic rings. The molecule has 0 saturated heterocycles. The molecular formula is C19H20N2O2S. The molecule has 1 aromatic carbocycles. The summed E-state index contributed by atoms with van der Waals surface area (Å²) in [4.78, 5) is 27.7. The fourth-order valence-electron chi connectivity index (χ4n) is 2.74. The first kappa shape index (κ1) is 16.5. The summed E-state index contributed by atoms with van der Waals surface area (Å²) >= 11 is 1.46. The summed E-state index contributed by atoms with van der Waals surface area (Å²) in [6.07, 6.45) is 0. The summed E-state index contributed by atoms with van der Waals surface area (Å²) in [6, 6.07) is 9.50. The van der Waals surface area contributed by atoms with E-state index in [4.69, 9.17) is 0 Å². The third kappa shape index (κ3) is 2.76. The van der Waals surface area contributed by atoms with Gasteiger partial charge in [0.05, 0.1) is 5.57 Å². The Morgan fingerprint density at radius 3 is 2.38 bits per heavy atom. The van der Waals surface area contributed by atoms with Crippen LogP contribution in [0.4, 0.5) is 5.69 Å². The number of hydrogen-bond donors (Lipinski definition) is 1. The molecule has 4 nitrogen and oxygen atoms in total. The Morgan fingerprint density at radius 1 is 1.04 bits per heavy atom. The molecule has 1 aliphatic heterocycles. The van der Waals surface area contributed by atoms with E-state index in [9.17, 15) is 9.59 Å². The predicted molar refractivity (Wildman–Crippen MR) is 97.8 cm³/mol. The fourth-order valence-corrected chi connectivity index (χ4v) is 3.51. The summed E-state index contributed by atoms with van der Waals surface area (Å²) in [5.41, 5.74) is 3.96. The van der Waals surface area contributed by atoms with Crippen LogP contribution < -0.4 is 5.32 Å². The van der Waals surface area contributed by atoms with Gasteiger partial charge in [-0.3, -0.25) is 14.5 Å². The molecule has 2 aromatic rings. The summed E-state index contributed by atoms with van der Waals surface area (Å²) in [5.74, 6) is -0.500. The van der Waals surface area contributed by atoms with Crippen LogP contribution in [0.1, 0.15) is 29.9 Å². The normalized spacial score (nSPS) is 15.0. The molecule has 3 rings (SSSR count). The van der Waals surface area contributed by atoms with E-state index >= 15 is 0 Å². The summed E-state index contributed by atoms with van der Waals surface area (Å²) < 4.78 is 0. The molecule has 2 heterocycles. The number of aryl methyl sites for hydroxylation is 2. The number of benzene rings is 1. The quantitative estimate of drug-likeness (QED) is 0.857. The van der Waals surface area contributed by atoms with Gasteiger partial charge in [0.1, 0.15) is 5.70 Å². The van der Waals surface area contributed by atoms with E-state index in [1.807, 2.05) is 63.4 Å². The van der Waals surface area contributed by atoms with Crippen molar-refractivity contribution in [3.05, 3.63) is 57.4 Å². The van der Waals surface area contributed by atoms with Crippen LogP contribution in [0.25, 0.3) is 5.57 Å². The van der Waals surface area contributed by atoms with Gasteiger partial charge in [-0.25, -0.2) is 0 Å². The fraction of sp³-hybridized carbons (Fsp3) is 0.263. The number of rotatable bonds is 4. The number of nitrogens with zero attached hydrogens (tertiary/aromatic N) is 1. The van der Waals surface area contributed by atoms with Gasteiger partial charge in [0.2, 0.25) is 0 Å². The number of carbonyl (C=O) groups excluding carboxylic acids is 2. The minimum atomic E-state index is -0.267. The molecule has 0 fully saturated rings. The highest BCUT2D eigenvalue weighted by Crippen LogP contribution is 2.33. The zero-order valence-electron chi connectivity index (χ0n) is 14.2. The van der Waals surface area contributed by atoms with Crippen molar-refractivity contribution in [2.24, 2.45) is 0 Å². The topological polar surface area (TPSA) is 49.4 Å². The lowest BCUT2D eigenvalue weighted by atomic mass is 10.1. The molecule has 0 spiro atoms. The first-order valence-corrected chi connectivity index (χ1v) is 8.78. The van der Waals surface area contributed by atoms with E-state index in [0.29, 0.717) is 11.3 Å². The Balaban J connectivity index is 2.07. The number of nitrogens with one attached hydrogen (secondary N) is 1. The van der Waals surface area contributed by atoms with Crippen LogP contribution in [0.15, 0.2) is 41.4 Å². The number of imide groups is 1. The van der Waals surface area contributed by atoms with Gasteiger partial charge in [-0.15, -0.1) is 11.3 Å². The smallest absolute Gasteiger partial charge is 0.278 e. The maximum absolute atomic E-state index is 12.8. The maximum atomic E-state index is 12.8. The zero-order chi connectivity index (χ0) is 17.4. The molecule has 5 heteroatoms. The summed E-state index contributed by atoms with van der Waals surface area (Å²) in [6.45, 7) is 7.76. The van der Waals surface area contributed by atoms with E-state index in [2.05, 4.69) is 5.32 Å². The molecule has 0 saturated carbocycles. The Kier molecular flexibility index (Phi) is 4.28. The highest BCUT2D eigenvalue weighted by Gasteiger charge is 2.40. The van der Waals surface area contributed by atoms with Crippen molar-refractivity contribution in [3.63, 3.8) is 0 Å². The SMILES string of the molecule is Cc1ccc(NC2=C(c3cccs3)C(=O)N(C(C)C)C2=O)cc1C. The molecule has 0 atom stereocenters. The monoisotopic (exact) mass is 340 g/mol. The van der Waals surface area contributed by atoms with Crippen LogP contribution in [0.3, 0.4) is 0 Å². The van der Waals surface area contributed by atoms with Gasteiger partial charge in [-0.1, -0.05) is 12.1 Å². The molecule has 24 heavy (non-hydrogen) atoms. The minimum absolute atomic E-state index is 0.181. The van der Waals surface area contributed by atoms with Crippen LogP contribution in [-0.4, -0.2) is 22.8 Å². The average Bonchev–Trinajstić information content (AvgIpc) is 3.10. The number of thiophene rings is 1. The number of carbonyl (C=O) groups is 2. The minimum Gasteiger partial charge on any atom is -0.350 e. The van der Waals surface area contributed by atoms with Gasteiger partial charge in [-0.2, -0.15) is 0 Å². The molecular weight excluding hydrogens is 320 g/mol. The molecule has 2 amide bonds. The van der Waals surface area contributed by atoms with Gasteiger partial charge >= 0.3 is 0 Å². The van der Waals surface area contributed by atoms with E-state index in [1.165, 1.54) is 21.8 Å². The molecule has 0 radical (unpaired) electrons. The standard InChI is InChI=1S/C19H20N2O2S/c1-11(2)21-18(22)16(15-6-5-9-24-15)17(19(21)23)20-14-8-7-12(3)13(4)10-14/h5-11,20H,1-4H3. The second-order valence-electron chi connectivity index (χ2n) is 6.23. The third-order valence-corrected chi connectivity index (χ3v) is 5.06. The highest BCUT2D eigenvalue weighted by molar-refractivity contribution is 7.11. The largest absolute Gasteiger partial charge is 0.350 e. The van der Waals surface area contributed by atoms with Crippen molar-refractivity contribution in [3.8, 4) is 0 Å². The molecule has 1 N–H and O–H groups in total. The average molecular weight is 340 g/mol. The molecule has 0 bridgehead atoms. The number of anilines is 1. The molecule has 1 aromatic heterocycles. The van der Waals surface area contributed by atoms with Crippen LogP contribution in [0.5, 0.6) is 0 Å². The first-order valence-electron chi connectivity index (χ1n) is 7.90. The van der Waals surface area contributed by atoms with E-state index < -0.39 is 0 Å². The van der Waals surface area contributed by atoms with Gasteiger partial charge in [0.25, 0.3) is 11.8 Å². The Labute approximate surface area is 145 Å². The highest BCUT2D eigenvalue weighted by atomic mass is 32.1. The number of amides is 2. The van der Waals surface area contributed by atoms with Crippen molar-refractivity contribution >= 4 is 34.4 Å². The Morgan fingerprint density at radius 2 is 1.79 bits per heavy atom. The summed E-state index contributed by atoms with van der Waals surface area (Å²) in [5, 5.41) is 5.10. The lowest BCUT2D eigenvalue weighted by Gasteiger charge is -2.19. The van der Waals surface area contributed by atoms with E-state index in [1.54, 1.807) is 0 Å². The predicted octanol–water partition coefficient (Wildman–Crippen LogP) is 3.97. The van der Waals surface area contributed by atoms with Crippen LogP contribution in [0, 0.1) is 13.8 Å². The van der Waals surface area contributed by atoms with Crippen molar-refractivity contribution in [1.29, 1.82) is 0 Å². The van der Waals surface area contributed by atoms with Gasteiger partial charge < -0.3 is 5.32 Å². The lowest BCUT2D eigenvalue weighted by Crippen LogP contribution is -2.38. The van der Waals surface area contributed by atoms with Gasteiger partial charge in [0.15, 0.2) is 0 Å². The van der Waals surface area contributed by atoms with Crippen molar-refractivity contribution in [1.82, 2.24) is 4.90 Å². The first-order chi connectivity index (χ1) is 11.4.